The zero-order valence-corrected chi connectivity index (χ0v) is 14.9. The molecule has 136 valence electrons. The molecule has 0 fully saturated rings. The van der Waals surface area contributed by atoms with E-state index in [-0.39, 0.29) is 34.1 Å². The Balaban J connectivity index is 1.64. The lowest BCUT2D eigenvalue weighted by molar-refractivity contribution is 0.0949. The van der Waals surface area contributed by atoms with Crippen LogP contribution in [0.1, 0.15) is 21.9 Å². The summed E-state index contributed by atoms with van der Waals surface area (Å²) in [6.07, 6.45) is 1.80. The van der Waals surface area contributed by atoms with Gasteiger partial charge in [-0.05, 0) is 31.2 Å². The Labute approximate surface area is 157 Å². The Morgan fingerprint density at radius 2 is 2.11 bits per heavy atom. The van der Waals surface area contributed by atoms with Gasteiger partial charge in [0.15, 0.2) is 11.5 Å². The van der Waals surface area contributed by atoms with E-state index < -0.39 is 11.7 Å². The van der Waals surface area contributed by atoms with Gasteiger partial charge >= 0.3 is 0 Å². The van der Waals surface area contributed by atoms with Gasteiger partial charge in [0, 0.05) is 6.20 Å². The first-order chi connectivity index (χ1) is 13.1. The molecular formula is C18H13ClFN5O2. The average Bonchev–Trinajstić information content (AvgIpc) is 3.23. The Morgan fingerprint density at radius 3 is 2.93 bits per heavy atom. The first-order valence-electron chi connectivity index (χ1n) is 8.03. The van der Waals surface area contributed by atoms with Crippen molar-refractivity contribution < 1.29 is 13.7 Å². The van der Waals surface area contributed by atoms with Crippen LogP contribution < -0.4 is 5.32 Å². The first-order valence-corrected chi connectivity index (χ1v) is 8.41. The van der Waals surface area contributed by atoms with Gasteiger partial charge in [0.1, 0.15) is 22.8 Å². The number of halogens is 2. The van der Waals surface area contributed by atoms with Crippen molar-refractivity contribution in [2.75, 3.05) is 0 Å². The highest BCUT2D eigenvalue weighted by Crippen LogP contribution is 2.33. The number of amides is 1. The quantitative estimate of drug-likeness (QED) is 0.581. The minimum Gasteiger partial charge on any atom is -0.360 e. The second-order valence-electron chi connectivity index (χ2n) is 5.79. The van der Waals surface area contributed by atoms with E-state index in [1.54, 1.807) is 23.6 Å². The molecule has 7 nitrogen and oxygen atoms in total. The summed E-state index contributed by atoms with van der Waals surface area (Å²) >= 11 is 6.10. The number of rotatable bonds is 4. The van der Waals surface area contributed by atoms with Crippen LogP contribution in [0.2, 0.25) is 5.02 Å². The number of pyridine rings is 1. The third-order valence-electron chi connectivity index (χ3n) is 4.08. The van der Waals surface area contributed by atoms with E-state index in [9.17, 15) is 9.18 Å². The lowest BCUT2D eigenvalue weighted by atomic mass is 10.0. The zero-order valence-electron chi connectivity index (χ0n) is 14.1. The molecule has 0 radical (unpaired) electrons. The van der Waals surface area contributed by atoms with Gasteiger partial charge in [-0.15, -0.1) is 10.2 Å². The molecule has 3 aromatic heterocycles. The molecule has 1 aromatic carbocycles. The van der Waals surface area contributed by atoms with Crippen molar-refractivity contribution in [2.24, 2.45) is 0 Å². The summed E-state index contributed by atoms with van der Waals surface area (Å²) in [5.74, 6) is -0.254. The number of carbonyl (C=O) groups is 1. The van der Waals surface area contributed by atoms with Gasteiger partial charge in [-0.3, -0.25) is 9.20 Å². The second-order valence-corrected chi connectivity index (χ2v) is 6.19. The summed E-state index contributed by atoms with van der Waals surface area (Å²) in [6, 6.07) is 9.73. The zero-order chi connectivity index (χ0) is 19.0. The second kappa shape index (κ2) is 6.81. The van der Waals surface area contributed by atoms with Crippen LogP contribution >= 0.6 is 11.6 Å². The number of aromatic nitrogens is 4. The SMILES string of the molecule is Cc1onc(-c2c(F)cccc2Cl)c1C(=O)NCc1nnc2ccccn12. The van der Waals surface area contributed by atoms with Crippen molar-refractivity contribution in [3.05, 3.63) is 70.6 Å². The van der Waals surface area contributed by atoms with Crippen molar-refractivity contribution in [1.29, 1.82) is 0 Å². The summed E-state index contributed by atoms with van der Waals surface area (Å²) in [4.78, 5) is 12.7. The van der Waals surface area contributed by atoms with Crippen molar-refractivity contribution in [2.45, 2.75) is 13.5 Å². The van der Waals surface area contributed by atoms with E-state index in [2.05, 4.69) is 20.7 Å². The van der Waals surface area contributed by atoms with Crippen LogP contribution in [0.15, 0.2) is 47.1 Å². The third-order valence-corrected chi connectivity index (χ3v) is 4.40. The number of nitrogens with one attached hydrogen (secondary N) is 1. The fraction of sp³-hybridized carbons (Fsp3) is 0.111. The molecule has 0 unspecified atom stereocenters. The van der Waals surface area contributed by atoms with E-state index in [4.69, 9.17) is 16.1 Å². The highest BCUT2D eigenvalue weighted by atomic mass is 35.5. The maximum atomic E-state index is 14.3. The van der Waals surface area contributed by atoms with Crippen molar-refractivity contribution in [3.8, 4) is 11.3 Å². The highest BCUT2D eigenvalue weighted by Gasteiger charge is 2.25. The molecular weight excluding hydrogens is 373 g/mol. The molecule has 0 saturated heterocycles. The van der Waals surface area contributed by atoms with Crippen molar-refractivity contribution in [3.63, 3.8) is 0 Å². The molecule has 0 saturated carbocycles. The minimum atomic E-state index is -0.590. The van der Waals surface area contributed by atoms with E-state index in [0.29, 0.717) is 11.5 Å². The monoisotopic (exact) mass is 385 g/mol. The molecule has 0 atom stereocenters. The third kappa shape index (κ3) is 3.04. The van der Waals surface area contributed by atoms with Gasteiger partial charge in [0.2, 0.25) is 0 Å². The van der Waals surface area contributed by atoms with Gasteiger partial charge in [0.25, 0.3) is 5.91 Å². The number of aryl methyl sites for hydroxylation is 1. The number of hydrogen-bond acceptors (Lipinski definition) is 5. The maximum Gasteiger partial charge on any atom is 0.257 e. The van der Waals surface area contributed by atoms with Crippen molar-refractivity contribution in [1.82, 2.24) is 25.1 Å². The van der Waals surface area contributed by atoms with E-state index in [0.717, 1.165) is 0 Å². The molecule has 0 aliphatic rings. The molecule has 4 aromatic rings. The molecule has 1 amide bonds. The predicted molar refractivity (Wildman–Crippen MR) is 95.8 cm³/mol. The Hall–Kier alpha value is -3.26. The predicted octanol–water partition coefficient (Wildman–Crippen LogP) is 3.42. The molecule has 3 heterocycles. The smallest absolute Gasteiger partial charge is 0.257 e. The summed E-state index contributed by atoms with van der Waals surface area (Å²) < 4.78 is 21.1. The van der Waals surface area contributed by atoms with Gasteiger partial charge in [-0.1, -0.05) is 28.9 Å². The number of fused-ring (bicyclic) bond motifs is 1. The lowest BCUT2D eigenvalue weighted by Gasteiger charge is -2.07. The molecule has 0 aliphatic heterocycles. The number of benzene rings is 1. The van der Waals surface area contributed by atoms with Gasteiger partial charge in [-0.25, -0.2) is 4.39 Å². The van der Waals surface area contributed by atoms with E-state index in [1.807, 2.05) is 12.1 Å². The van der Waals surface area contributed by atoms with Crippen LogP contribution in [0, 0.1) is 12.7 Å². The van der Waals surface area contributed by atoms with Crippen LogP contribution in [0.4, 0.5) is 4.39 Å². The van der Waals surface area contributed by atoms with E-state index in [1.165, 1.54) is 18.2 Å². The molecule has 4 rings (SSSR count). The Bertz CT molecular complexity index is 1130. The van der Waals surface area contributed by atoms with Gasteiger partial charge < -0.3 is 9.84 Å². The highest BCUT2D eigenvalue weighted by molar-refractivity contribution is 6.33. The Kier molecular flexibility index (Phi) is 4.33. The summed E-state index contributed by atoms with van der Waals surface area (Å²) in [6.45, 7) is 1.70. The first kappa shape index (κ1) is 17.2. The maximum absolute atomic E-state index is 14.3. The normalized spacial score (nSPS) is 11.1. The number of nitrogens with zero attached hydrogens (tertiary/aromatic N) is 4. The molecule has 0 aliphatic carbocycles. The number of hydrogen-bond donors (Lipinski definition) is 1. The Morgan fingerprint density at radius 1 is 1.26 bits per heavy atom. The van der Waals surface area contributed by atoms with Gasteiger partial charge in [-0.2, -0.15) is 0 Å². The fourth-order valence-corrected chi connectivity index (χ4v) is 3.05. The lowest BCUT2D eigenvalue weighted by Crippen LogP contribution is -2.25. The summed E-state index contributed by atoms with van der Waals surface area (Å²) in [7, 11) is 0. The number of carbonyl (C=O) groups excluding carboxylic acids is 1. The standard InChI is InChI=1S/C18H13ClFN5O2/c1-10-15(17(24-27-10)16-11(19)5-4-6-12(16)20)18(26)21-9-14-23-22-13-7-2-3-8-25(13)14/h2-8H,9H2,1H3,(H,21,26). The molecule has 0 spiro atoms. The topological polar surface area (TPSA) is 85.3 Å². The average molecular weight is 386 g/mol. The van der Waals surface area contributed by atoms with Gasteiger partial charge in [0.05, 0.1) is 17.1 Å². The molecule has 0 bridgehead atoms. The van der Waals surface area contributed by atoms with Crippen molar-refractivity contribution >= 4 is 23.2 Å². The fourth-order valence-electron chi connectivity index (χ4n) is 2.79. The van der Waals surface area contributed by atoms with Crippen LogP contribution in [0.5, 0.6) is 0 Å². The van der Waals surface area contributed by atoms with Crippen LogP contribution in [0.3, 0.4) is 0 Å². The molecule has 27 heavy (non-hydrogen) atoms. The summed E-state index contributed by atoms with van der Waals surface area (Å²) in [5, 5.41) is 14.8. The van der Waals surface area contributed by atoms with E-state index >= 15 is 0 Å². The minimum absolute atomic E-state index is 0.0223. The van der Waals surface area contributed by atoms with Crippen LogP contribution in [0.25, 0.3) is 16.9 Å². The largest absolute Gasteiger partial charge is 0.360 e. The summed E-state index contributed by atoms with van der Waals surface area (Å²) in [5.41, 5.74) is 0.867. The van der Waals surface area contributed by atoms with Crippen LogP contribution in [-0.2, 0) is 6.54 Å². The van der Waals surface area contributed by atoms with Crippen LogP contribution in [-0.4, -0.2) is 25.7 Å². The molecule has 9 heteroatoms. The molecule has 1 N–H and O–H groups in total.